The fraction of sp³-hybridized carbons (Fsp3) is 0.417. The first-order chi connectivity index (χ1) is 8.47. The van der Waals surface area contributed by atoms with Crippen LogP contribution in [-0.4, -0.2) is 29.0 Å². The van der Waals surface area contributed by atoms with Gasteiger partial charge in [-0.2, -0.15) is 0 Å². The quantitative estimate of drug-likeness (QED) is 0.313. The summed E-state index contributed by atoms with van der Waals surface area (Å²) in [7, 11) is -1.73. The molecule has 0 saturated heterocycles. The first kappa shape index (κ1) is 14.7. The molecule has 0 aliphatic heterocycles. The Morgan fingerprint density at radius 1 is 1.44 bits per heavy atom. The summed E-state index contributed by atoms with van der Waals surface area (Å²) in [4.78, 5) is 12.1. The average Bonchev–Trinajstić information content (AvgIpc) is 2.34. The van der Waals surface area contributed by atoms with Gasteiger partial charge in [-0.1, -0.05) is 19.8 Å². The Hall–Kier alpha value is -1.37. The van der Waals surface area contributed by atoms with Crippen LogP contribution < -0.4 is 16.9 Å². The molecule has 1 atom stereocenters. The molecule has 0 fully saturated rings. The van der Waals surface area contributed by atoms with Crippen LogP contribution in [-0.2, 0) is 0 Å². The summed E-state index contributed by atoms with van der Waals surface area (Å²) < 4.78 is 0. The van der Waals surface area contributed by atoms with Crippen LogP contribution in [0, 0.1) is 0 Å². The van der Waals surface area contributed by atoms with Crippen molar-refractivity contribution in [3.8, 4) is 0 Å². The van der Waals surface area contributed by atoms with Gasteiger partial charge in [0, 0.05) is 11.3 Å². The third-order valence-electron chi connectivity index (χ3n) is 2.82. The van der Waals surface area contributed by atoms with Crippen molar-refractivity contribution in [2.24, 2.45) is 5.73 Å². The van der Waals surface area contributed by atoms with Gasteiger partial charge in [0.25, 0.3) is 0 Å². The van der Waals surface area contributed by atoms with Crippen LogP contribution in [0.5, 0.6) is 0 Å². The number of nitrogens with two attached hydrogens (primary N) is 2. The molecule has 1 rings (SSSR count). The van der Waals surface area contributed by atoms with Gasteiger partial charge in [0.05, 0.1) is 6.04 Å². The van der Waals surface area contributed by atoms with E-state index >= 15 is 0 Å². The van der Waals surface area contributed by atoms with Crippen molar-refractivity contribution in [2.75, 3.05) is 5.73 Å². The van der Waals surface area contributed by atoms with Gasteiger partial charge in [-0.15, -0.1) is 0 Å². The Morgan fingerprint density at radius 2 is 2.11 bits per heavy atom. The lowest BCUT2D eigenvalue weighted by Gasteiger charge is -2.13. The maximum atomic E-state index is 12.1. The normalized spacial score (nSPS) is 12.2. The minimum atomic E-state index is -1.73. The topological polar surface area (TPSA) is 110 Å². The molecule has 18 heavy (non-hydrogen) atoms. The lowest BCUT2D eigenvalue weighted by Crippen LogP contribution is -2.40. The predicted octanol–water partition coefficient (Wildman–Crippen LogP) is -0.351. The van der Waals surface area contributed by atoms with Gasteiger partial charge in [0.15, 0.2) is 5.78 Å². The van der Waals surface area contributed by atoms with Gasteiger partial charge in [-0.05, 0) is 30.1 Å². The lowest BCUT2D eigenvalue weighted by atomic mass is 9.75. The Bertz CT molecular complexity index is 424. The number of hydrogen-bond donors (Lipinski definition) is 4. The van der Waals surface area contributed by atoms with E-state index in [9.17, 15) is 14.8 Å². The number of Topliss-reactive ketones (excluding diaryl/α,β-unsaturated/α-hetero) is 1. The van der Waals surface area contributed by atoms with E-state index in [-0.39, 0.29) is 16.8 Å². The molecule has 0 aromatic heterocycles. The maximum Gasteiger partial charge on any atom is 0.489 e. The van der Waals surface area contributed by atoms with Gasteiger partial charge in [0.1, 0.15) is 0 Å². The highest BCUT2D eigenvalue weighted by Gasteiger charge is 2.24. The summed E-state index contributed by atoms with van der Waals surface area (Å²) >= 11 is 0. The SMILES string of the molecule is CCCCC(N)C(=O)c1ccc(N)cc1B(O)O. The van der Waals surface area contributed by atoms with Crippen LogP contribution in [0.1, 0.15) is 36.5 Å². The number of carbonyl (C=O) groups is 1. The molecule has 6 heteroatoms. The second kappa shape index (κ2) is 6.54. The maximum absolute atomic E-state index is 12.1. The Labute approximate surface area is 107 Å². The number of ketones is 1. The Balaban J connectivity index is 2.97. The molecule has 0 aliphatic carbocycles. The van der Waals surface area contributed by atoms with Gasteiger partial charge < -0.3 is 21.5 Å². The first-order valence-electron chi connectivity index (χ1n) is 6.02. The van der Waals surface area contributed by atoms with Gasteiger partial charge in [-0.3, -0.25) is 4.79 Å². The van der Waals surface area contributed by atoms with Crippen LogP contribution in [0.2, 0.25) is 0 Å². The minimum absolute atomic E-state index is 0.104. The van der Waals surface area contributed by atoms with Crippen molar-refractivity contribution in [1.82, 2.24) is 0 Å². The summed E-state index contributed by atoms with van der Waals surface area (Å²) in [5.41, 5.74) is 12.1. The van der Waals surface area contributed by atoms with Crippen LogP contribution >= 0.6 is 0 Å². The van der Waals surface area contributed by atoms with Crippen molar-refractivity contribution in [3.63, 3.8) is 0 Å². The second-order valence-electron chi connectivity index (χ2n) is 4.33. The highest BCUT2D eigenvalue weighted by atomic mass is 16.4. The lowest BCUT2D eigenvalue weighted by molar-refractivity contribution is 0.0957. The smallest absolute Gasteiger partial charge is 0.423 e. The van der Waals surface area contributed by atoms with Crippen LogP contribution in [0.25, 0.3) is 0 Å². The van der Waals surface area contributed by atoms with Gasteiger partial charge in [0.2, 0.25) is 0 Å². The van der Waals surface area contributed by atoms with E-state index in [0.717, 1.165) is 12.8 Å². The number of anilines is 1. The van der Waals surface area contributed by atoms with E-state index in [4.69, 9.17) is 11.5 Å². The Kier molecular flexibility index (Phi) is 5.34. The van der Waals surface area contributed by atoms with E-state index in [1.54, 1.807) is 6.07 Å². The molecule has 6 N–H and O–H groups in total. The monoisotopic (exact) mass is 250 g/mol. The number of carbonyl (C=O) groups excluding carboxylic acids is 1. The van der Waals surface area contributed by atoms with E-state index in [2.05, 4.69) is 0 Å². The highest BCUT2D eigenvalue weighted by Crippen LogP contribution is 2.09. The molecule has 1 unspecified atom stereocenters. The molecule has 5 nitrogen and oxygen atoms in total. The van der Waals surface area contributed by atoms with Crippen LogP contribution in [0.3, 0.4) is 0 Å². The number of hydrogen-bond acceptors (Lipinski definition) is 5. The van der Waals surface area contributed by atoms with Crippen molar-refractivity contribution >= 4 is 24.1 Å². The van der Waals surface area contributed by atoms with Gasteiger partial charge in [-0.25, -0.2) is 0 Å². The summed E-state index contributed by atoms with van der Waals surface area (Å²) in [6.45, 7) is 2.02. The molecule has 1 aromatic carbocycles. The number of unbranched alkanes of at least 4 members (excludes halogenated alkanes) is 1. The van der Waals surface area contributed by atoms with Crippen LogP contribution in [0.4, 0.5) is 5.69 Å². The third-order valence-corrected chi connectivity index (χ3v) is 2.82. The minimum Gasteiger partial charge on any atom is -0.423 e. The highest BCUT2D eigenvalue weighted by molar-refractivity contribution is 6.60. The molecular weight excluding hydrogens is 231 g/mol. The molecular formula is C12H19BN2O3. The molecule has 0 spiro atoms. The van der Waals surface area contributed by atoms with Crippen molar-refractivity contribution in [1.29, 1.82) is 0 Å². The Morgan fingerprint density at radius 3 is 2.67 bits per heavy atom. The van der Waals surface area contributed by atoms with Crippen molar-refractivity contribution in [2.45, 2.75) is 32.2 Å². The number of benzene rings is 1. The first-order valence-corrected chi connectivity index (χ1v) is 6.02. The van der Waals surface area contributed by atoms with E-state index in [0.29, 0.717) is 12.1 Å². The molecule has 0 heterocycles. The molecule has 0 radical (unpaired) electrons. The van der Waals surface area contributed by atoms with Crippen LogP contribution in [0.15, 0.2) is 18.2 Å². The van der Waals surface area contributed by atoms with Crippen molar-refractivity contribution < 1.29 is 14.8 Å². The second-order valence-corrected chi connectivity index (χ2v) is 4.33. The summed E-state index contributed by atoms with van der Waals surface area (Å²) in [5, 5.41) is 18.5. The van der Waals surface area contributed by atoms with E-state index < -0.39 is 13.2 Å². The average molecular weight is 250 g/mol. The molecule has 98 valence electrons. The zero-order valence-electron chi connectivity index (χ0n) is 10.5. The van der Waals surface area contributed by atoms with Gasteiger partial charge >= 0.3 is 7.12 Å². The number of nitrogen functional groups attached to an aromatic ring is 1. The molecule has 0 amide bonds. The summed E-state index contributed by atoms with van der Waals surface area (Å²) in [5.74, 6) is -0.286. The predicted molar refractivity (Wildman–Crippen MR) is 72.5 cm³/mol. The van der Waals surface area contributed by atoms with Crippen molar-refractivity contribution in [3.05, 3.63) is 23.8 Å². The summed E-state index contributed by atoms with van der Waals surface area (Å²) in [6, 6.07) is 3.79. The standard InChI is InChI=1S/C12H19BN2O3/c1-2-3-4-11(15)12(16)9-6-5-8(14)7-10(9)13(17)18/h5-7,11,17-18H,2-4,14-15H2,1H3. The summed E-state index contributed by atoms with van der Waals surface area (Å²) in [6.07, 6.45) is 2.40. The molecule has 1 aromatic rings. The fourth-order valence-electron chi connectivity index (χ4n) is 1.77. The zero-order chi connectivity index (χ0) is 13.7. The third kappa shape index (κ3) is 3.56. The van der Waals surface area contributed by atoms with E-state index in [1.807, 2.05) is 6.92 Å². The number of rotatable bonds is 6. The molecule has 0 saturated carbocycles. The fourth-order valence-corrected chi connectivity index (χ4v) is 1.77. The zero-order valence-corrected chi connectivity index (χ0v) is 10.5. The largest absolute Gasteiger partial charge is 0.489 e. The molecule has 0 bridgehead atoms. The molecule has 0 aliphatic rings. The van der Waals surface area contributed by atoms with E-state index in [1.165, 1.54) is 12.1 Å².